The molecule has 0 atom stereocenters. The van der Waals surface area contributed by atoms with E-state index in [4.69, 9.17) is 14.2 Å². The largest absolute Gasteiger partial charge is 0.465 e. The predicted molar refractivity (Wildman–Crippen MR) is 106 cm³/mol. The lowest BCUT2D eigenvalue weighted by Gasteiger charge is -2.31. The average Bonchev–Trinajstić information content (AvgIpc) is 3.31. The van der Waals surface area contributed by atoms with E-state index in [-0.39, 0.29) is 12.5 Å². The SMILES string of the molecule is COC(=O)c1c(N(Cc2ccccc2F)C(C)=O)sc2c1CCC1(C2)OCCO1. The van der Waals surface area contributed by atoms with Gasteiger partial charge in [0.1, 0.15) is 10.8 Å². The maximum Gasteiger partial charge on any atom is 0.341 e. The second kappa shape index (κ2) is 7.85. The van der Waals surface area contributed by atoms with Gasteiger partial charge in [0.05, 0.1) is 32.4 Å². The predicted octanol–water partition coefficient (Wildman–Crippen LogP) is 3.46. The molecule has 0 N–H and O–H groups in total. The number of methoxy groups -OCH3 is 1. The van der Waals surface area contributed by atoms with Crippen molar-refractivity contribution in [1.82, 2.24) is 0 Å². The maximum absolute atomic E-state index is 14.2. The summed E-state index contributed by atoms with van der Waals surface area (Å²) in [7, 11) is 1.32. The van der Waals surface area contributed by atoms with E-state index >= 15 is 0 Å². The van der Waals surface area contributed by atoms with Crippen LogP contribution in [0.5, 0.6) is 0 Å². The van der Waals surface area contributed by atoms with Crippen molar-refractivity contribution in [2.75, 3.05) is 25.2 Å². The molecule has 2 aliphatic rings. The highest BCUT2D eigenvalue weighted by Crippen LogP contribution is 2.45. The summed E-state index contributed by atoms with van der Waals surface area (Å²) in [5.74, 6) is -1.83. The molecule has 1 aliphatic heterocycles. The number of carbonyl (C=O) groups excluding carboxylic acids is 2. The molecule has 0 saturated carbocycles. The molecule has 1 aliphatic carbocycles. The Hall–Kier alpha value is -2.29. The number of rotatable bonds is 4. The molecule has 0 bridgehead atoms. The molecule has 6 nitrogen and oxygen atoms in total. The highest BCUT2D eigenvalue weighted by molar-refractivity contribution is 7.17. The lowest BCUT2D eigenvalue weighted by molar-refractivity contribution is -0.163. The van der Waals surface area contributed by atoms with Crippen molar-refractivity contribution >= 4 is 28.2 Å². The Morgan fingerprint density at radius 3 is 2.66 bits per heavy atom. The molecule has 4 rings (SSSR count). The zero-order valence-corrected chi connectivity index (χ0v) is 17.1. The fourth-order valence-corrected chi connectivity index (χ4v) is 5.39. The fourth-order valence-electron chi connectivity index (χ4n) is 3.92. The first-order valence-electron chi connectivity index (χ1n) is 9.46. The number of hydrogen-bond acceptors (Lipinski definition) is 6. The number of nitrogens with zero attached hydrogens (tertiary/aromatic N) is 1. The number of anilines is 1. The Morgan fingerprint density at radius 2 is 2.00 bits per heavy atom. The van der Waals surface area contributed by atoms with Crippen LogP contribution in [0.1, 0.15) is 39.7 Å². The Balaban J connectivity index is 1.77. The van der Waals surface area contributed by atoms with E-state index in [2.05, 4.69) is 0 Å². The van der Waals surface area contributed by atoms with E-state index in [9.17, 15) is 14.0 Å². The van der Waals surface area contributed by atoms with E-state index in [1.165, 1.54) is 36.3 Å². The molecular formula is C21H22FNO5S. The van der Waals surface area contributed by atoms with Crippen LogP contribution in [0, 0.1) is 5.82 Å². The van der Waals surface area contributed by atoms with Crippen LogP contribution in [0.3, 0.4) is 0 Å². The lowest BCUT2D eigenvalue weighted by atomic mass is 9.90. The van der Waals surface area contributed by atoms with Crippen molar-refractivity contribution in [2.45, 2.75) is 38.5 Å². The molecule has 0 radical (unpaired) electrons. The monoisotopic (exact) mass is 419 g/mol. The third kappa shape index (κ3) is 3.68. The first-order valence-corrected chi connectivity index (χ1v) is 10.3. The highest BCUT2D eigenvalue weighted by Gasteiger charge is 2.43. The number of ether oxygens (including phenoxy) is 3. The molecule has 1 fully saturated rings. The minimum atomic E-state index is -0.658. The second-order valence-electron chi connectivity index (χ2n) is 7.16. The van der Waals surface area contributed by atoms with Crippen LogP contribution in [-0.2, 0) is 38.4 Å². The Bertz CT molecular complexity index is 951. The summed E-state index contributed by atoms with van der Waals surface area (Å²) in [6, 6.07) is 6.30. The van der Waals surface area contributed by atoms with E-state index in [1.54, 1.807) is 18.2 Å². The Kier molecular flexibility index (Phi) is 5.42. The van der Waals surface area contributed by atoms with E-state index < -0.39 is 17.6 Å². The zero-order valence-electron chi connectivity index (χ0n) is 16.3. The molecule has 2 heterocycles. The second-order valence-corrected chi connectivity index (χ2v) is 8.24. The van der Waals surface area contributed by atoms with Gasteiger partial charge in [0.25, 0.3) is 0 Å². The summed E-state index contributed by atoms with van der Waals surface area (Å²) >= 11 is 1.35. The number of benzene rings is 1. The molecule has 1 aromatic heterocycles. The zero-order chi connectivity index (χ0) is 20.6. The van der Waals surface area contributed by atoms with Gasteiger partial charge in [-0.1, -0.05) is 18.2 Å². The van der Waals surface area contributed by atoms with Crippen LogP contribution in [0.25, 0.3) is 0 Å². The van der Waals surface area contributed by atoms with Gasteiger partial charge in [-0.05, 0) is 18.1 Å². The van der Waals surface area contributed by atoms with Crippen molar-refractivity contribution in [3.8, 4) is 0 Å². The van der Waals surface area contributed by atoms with Crippen LogP contribution in [0.2, 0.25) is 0 Å². The standard InChI is InChI=1S/C21H22FNO5S/c1-13(24)23(12-14-5-3-4-6-16(14)22)19-18(20(25)26-2)15-7-8-21(11-17(15)29-19)27-9-10-28-21/h3-6H,7-12H2,1-2H3. The molecule has 154 valence electrons. The normalized spacial score (nSPS) is 17.2. The molecule has 29 heavy (non-hydrogen) atoms. The van der Waals surface area contributed by atoms with Gasteiger partial charge in [-0.2, -0.15) is 0 Å². The average molecular weight is 419 g/mol. The quantitative estimate of drug-likeness (QED) is 0.710. The van der Waals surface area contributed by atoms with Crippen molar-refractivity contribution in [1.29, 1.82) is 0 Å². The lowest BCUT2D eigenvalue weighted by Crippen LogP contribution is -2.36. The highest BCUT2D eigenvalue weighted by atomic mass is 32.1. The topological polar surface area (TPSA) is 65.1 Å². The molecule has 1 amide bonds. The molecule has 8 heteroatoms. The molecule has 0 unspecified atom stereocenters. The minimum Gasteiger partial charge on any atom is -0.465 e. The van der Waals surface area contributed by atoms with Crippen LogP contribution in [0.15, 0.2) is 24.3 Å². The summed E-state index contributed by atoms with van der Waals surface area (Å²) in [5, 5.41) is 0.479. The fraction of sp³-hybridized carbons (Fsp3) is 0.429. The van der Waals surface area contributed by atoms with Crippen molar-refractivity contribution in [3.05, 3.63) is 51.7 Å². The third-order valence-electron chi connectivity index (χ3n) is 5.37. The van der Waals surface area contributed by atoms with Crippen LogP contribution < -0.4 is 4.90 Å². The van der Waals surface area contributed by atoms with Gasteiger partial charge in [0.2, 0.25) is 5.91 Å². The van der Waals surface area contributed by atoms with Gasteiger partial charge in [-0.25, -0.2) is 9.18 Å². The van der Waals surface area contributed by atoms with Gasteiger partial charge in [-0.3, -0.25) is 9.69 Å². The van der Waals surface area contributed by atoms with E-state index in [1.807, 2.05) is 0 Å². The van der Waals surface area contributed by atoms with Crippen LogP contribution in [-0.4, -0.2) is 38.0 Å². The van der Waals surface area contributed by atoms with E-state index in [0.717, 1.165) is 10.4 Å². The van der Waals surface area contributed by atoms with Gasteiger partial charge >= 0.3 is 5.97 Å². The molecule has 1 aromatic carbocycles. The summed E-state index contributed by atoms with van der Waals surface area (Å²) in [6.07, 6.45) is 1.73. The number of hydrogen-bond donors (Lipinski definition) is 0. The summed E-state index contributed by atoms with van der Waals surface area (Å²) in [5.41, 5.74) is 1.62. The number of esters is 1. The van der Waals surface area contributed by atoms with Crippen molar-refractivity contribution in [3.63, 3.8) is 0 Å². The van der Waals surface area contributed by atoms with Gasteiger partial charge < -0.3 is 14.2 Å². The maximum atomic E-state index is 14.2. The first-order chi connectivity index (χ1) is 13.9. The van der Waals surface area contributed by atoms with Crippen LogP contribution >= 0.6 is 11.3 Å². The number of halogens is 1. The molecular weight excluding hydrogens is 397 g/mol. The number of fused-ring (bicyclic) bond motifs is 1. The molecule has 1 spiro atoms. The van der Waals surface area contributed by atoms with Gasteiger partial charge in [0, 0.05) is 30.2 Å². The minimum absolute atomic E-state index is 0.0313. The summed E-state index contributed by atoms with van der Waals surface area (Å²) in [4.78, 5) is 27.5. The summed E-state index contributed by atoms with van der Waals surface area (Å²) in [6.45, 7) is 2.53. The smallest absolute Gasteiger partial charge is 0.341 e. The Labute approximate surface area is 172 Å². The number of thiophene rings is 1. The summed E-state index contributed by atoms with van der Waals surface area (Å²) < 4.78 is 30.9. The third-order valence-corrected chi connectivity index (χ3v) is 6.63. The molecule has 2 aromatic rings. The van der Waals surface area contributed by atoms with Gasteiger partial charge in [0.15, 0.2) is 5.79 Å². The number of carbonyl (C=O) groups is 2. The van der Waals surface area contributed by atoms with Crippen molar-refractivity contribution in [2.24, 2.45) is 0 Å². The first kappa shape index (κ1) is 20.0. The van der Waals surface area contributed by atoms with Gasteiger partial charge in [-0.15, -0.1) is 11.3 Å². The Morgan fingerprint density at radius 1 is 1.28 bits per heavy atom. The molecule has 1 saturated heterocycles. The van der Waals surface area contributed by atoms with E-state index in [0.29, 0.717) is 48.6 Å². The van der Waals surface area contributed by atoms with Crippen LogP contribution in [0.4, 0.5) is 9.39 Å². The van der Waals surface area contributed by atoms with Crippen molar-refractivity contribution < 1.29 is 28.2 Å². The number of amides is 1.